The van der Waals surface area contributed by atoms with E-state index >= 15 is 0 Å². The molecule has 0 aliphatic rings. The van der Waals surface area contributed by atoms with Crippen LogP contribution in [0.2, 0.25) is 0 Å². The number of halogens is 1. The van der Waals surface area contributed by atoms with Crippen molar-refractivity contribution < 1.29 is 24.2 Å². The zero-order chi connectivity index (χ0) is 20.6. The smallest absolute Gasteiger partial charge is 0.342 e. The molecule has 3 rings (SSSR count). The Balaban J connectivity index is 2.38. The highest BCUT2D eigenvalue weighted by atomic mass is 19.1. The van der Waals surface area contributed by atoms with Crippen molar-refractivity contribution in [3.05, 3.63) is 69.5 Å². The second-order valence-electron chi connectivity index (χ2n) is 6.06. The number of benzene rings is 1. The normalized spacial score (nSPS) is 10.6. The molecule has 0 unspecified atom stereocenters. The first kappa shape index (κ1) is 18.8. The summed E-state index contributed by atoms with van der Waals surface area (Å²) in [6.07, 6.45) is 1.29. The number of hydrogen-bond acceptors (Lipinski definition) is 5. The Morgan fingerprint density at radius 3 is 2.25 bits per heavy atom. The summed E-state index contributed by atoms with van der Waals surface area (Å²) in [4.78, 5) is 41.2. The molecule has 0 amide bonds. The molecular weight excluding hydrogens is 369 g/mol. The number of hydrogen-bond donors (Lipinski definition) is 4. The monoisotopic (exact) mass is 383 g/mol. The lowest BCUT2D eigenvalue weighted by Gasteiger charge is -2.14. The van der Waals surface area contributed by atoms with E-state index in [0.29, 0.717) is 16.7 Å². The molecule has 0 bridgehead atoms. The van der Waals surface area contributed by atoms with Crippen molar-refractivity contribution in [1.29, 1.82) is 0 Å². The average Bonchev–Trinajstić information content (AvgIpc) is 2.60. The number of nitrogens with two attached hydrogens (primary N) is 1. The third kappa shape index (κ3) is 3.32. The first-order chi connectivity index (χ1) is 13.2. The van der Waals surface area contributed by atoms with Crippen molar-refractivity contribution in [1.82, 2.24) is 9.97 Å². The van der Waals surface area contributed by atoms with Gasteiger partial charge in [-0.25, -0.2) is 14.6 Å². The van der Waals surface area contributed by atoms with Crippen LogP contribution in [-0.4, -0.2) is 32.1 Å². The summed E-state index contributed by atoms with van der Waals surface area (Å²) in [5.41, 5.74) is 4.96. The number of pyridine rings is 2. The maximum absolute atomic E-state index is 13.1. The molecule has 0 radical (unpaired) electrons. The van der Waals surface area contributed by atoms with E-state index in [2.05, 4.69) is 9.97 Å². The van der Waals surface area contributed by atoms with Gasteiger partial charge in [0.25, 0.3) is 5.56 Å². The van der Waals surface area contributed by atoms with Crippen LogP contribution in [0.15, 0.2) is 41.3 Å². The number of aromatic amines is 1. The first-order valence-electron chi connectivity index (χ1n) is 7.95. The number of nitrogens with one attached hydrogen (secondary N) is 1. The van der Waals surface area contributed by atoms with E-state index in [9.17, 15) is 29.0 Å². The van der Waals surface area contributed by atoms with Gasteiger partial charge in [-0.05, 0) is 41.8 Å². The lowest BCUT2D eigenvalue weighted by molar-refractivity contribution is 0.0695. The van der Waals surface area contributed by atoms with Crippen molar-refractivity contribution in [3.8, 4) is 22.3 Å². The highest BCUT2D eigenvalue weighted by molar-refractivity contribution is 6.07. The molecule has 2 aromatic heterocycles. The quantitative estimate of drug-likeness (QED) is 0.506. The van der Waals surface area contributed by atoms with Crippen LogP contribution in [0.3, 0.4) is 0 Å². The predicted molar refractivity (Wildman–Crippen MR) is 98.8 cm³/mol. The zero-order valence-corrected chi connectivity index (χ0v) is 14.5. The van der Waals surface area contributed by atoms with Gasteiger partial charge in [-0.3, -0.25) is 4.79 Å². The Kier molecular flexibility index (Phi) is 4.66. The number of anilines is 1. The molecule has 0 aliphatic heterocycles. The van der Waals surface area contributed by atoms with Crippen molar-refractivity contribution in [2.75, 3.05) is 5.73 Å². The molecule has 9 heteroatoms. The van der Waals surface area contributed by atoms with Crippen LogP contribution >= 0.6 is 0 Å². The highest BCUT2D eigenvalue weighted by Crippen LogP contribution is 2.33. The number of aromatic nitrogens is 2. The van der Waals surface area contributed by atoms with E-state index in [1.807, 2.05) is 0 Å². The fourth-order valence-electron chi connectivity index (χ4n) is 2.98. The third-order valence-electron chi connectivity index (χ3n) is 4.10. The molecule has 0 atom stereocenters. The lowest BCUT2D eigenvalue weighted by Crippen LogP contribution is -2.24. The van der Waals surface area contributed by atoms with Gasteiger partial charge in [-0.15, -0.1) is 0 Å². The predicted octanol–water partition coefficient (Wildman–Crippen LogP) is 2.53. The van der Waals surface area contributed by atoms with Gasteiger partial charge in [0, 0.05) is 17.3 Å². The van der Waals surface area contributed by atoms with Crippen LogP contribution in [0.4, 0.5) is 10.2 Å². The topological polar surface area (TPSA) is 146 Å². The Bertz CT molecular complexity index is 1170. The molecule has 142 valence electrons. The second kappa shape index (κ2) is 6.95. The van der Waals surface area contributed by atoms with E-state index in [-0.39, 0.29) is 11.1 Å². The van der Waals surface area contributed by atoms with E-state index in [4.69, 9.17) is 5.73 Å². The molecule has 28 heavy (non-hydrogen) atoms. The molecule has 5 N–H and O–H groups in total. The van der Waals surface area contributed by atoms with Crippen LogP contribution in [0, 0.1) is 12.9 Å². The van der Waals surface area contributed by atoms with E-state index in [1.165, 1.54) is 24.4 Å². The number of nitrogens with zero attached hydrogens (tertiary/aromatic N) is 1. The molecule has 8 nitrogen and oxygen atoms in total. The number of aromatic carboxylic acids is 2. The van der Waals surface area contributed by atoms with Crippen LogP contribution in [0.1, 0.15) is 26.3 Å². The van der Waals surface area contributed by atoms with Crippen molar-refractivity contribution >= 4 is 17.8 Å². The minimum atomic E-state index is -1.59. The number of aryl methyl sites for hydroxylation is 1. The summed E-state index contributed by atoms with van der Waals surface area (Å²) in [5, 5.41) is 19.0. The van der Waals surface area contributed by atoms with Gasteiger partial charge < -0.3 is 20.9 Å². The summed E-state index contributed by atoms with van der Waals surface area (Å²) in [6.45, 7) is 1.71. The molecular formula is C19H14FN3O5. The van der Waals surface area contributed by atoms with Crippen LogP contribution in [-0.2, 0) is 0 Å². The van der Waals surface area contributed by atoms with Gasteiger partial charge in [0.15, 0.2) is 0 Å². The first-order valence-corrected chi connectivity index (χ1v) is 7.95. The minimum Gasteiger partial charge on any atom is -0.478 e. The Morgan fingerprint density at radius 2 is 1.68 bits per heavy atom. The SMILES string of the molecule is Cc1cc(-c2ccc(F)nc2)cc(-c2c(C(=O)O)c(N)[nH]c(=O)c2C(=O)O)c1. The van der Waals surface area contributed by atoms with Crippen LogP contribution < -0.4 is 11.3 Å². The van der Waals surface area contributed by atoms with Gasteiger partial charge in [0.1, 0.15) is 16.9 Å². The fraction of sp³-hybridized carbons (Fsp3) is 0.0526. The number of carbonyl (C=O) groups is 2. The number of carboxylic acids is 2. The Morgan fingerprint density at radius 1 is 1.04 bits per heavy atom. The zero-order valence-electron chi connectivity index (χ0n) is 14.5. The van der Waals surface area contributed by atoms with E-state index in [0.717, 1.165) is 6.07 Å². The molecule has 0 fully saturated rings. The maximum Gasteiger partial charge on any atom is 0.342 e. The molecule has 2 heterocycles. The van der Waals surface area contributed by atoms with E-state index in [1.54, 1.807) is 13.0 Å². The van der Waals surface area contributed by atoms with Crippen molar-refractivity contribution in [3.63, 3.8) is 0 Å². The molecule has 1 aromatic carbocycles. The fourth-order valence-corrected chi connectivity index (χ4v) is 2.98. The number of H-pyrrole nitrogens is 1. The molecule has 0 saturated carbocycles. The average molecular weight is 383 g/mol. The number of carboxylic acid groups (broad SMARTS) is 2. The molecule has 0 aliphatic carbocycles. The third-order valence-corrected chi connectivity index (χ3v) is 4.10. The van der Waals surface area contributed by atoms with Gasteiger partial charge in [0.2, 0.25) is 5.95 Å². The lowest BCUT2D eigenvalue weighted by atomic mass is 9.91. The number of nitrogen functional groups attached to an aromatic ring is 1. The largest absolute Gasteiger partial charge is 0.478 e. The van der Waals surface area contributed by atoms with E-state index < -0.39 is 40.4 Å². The summed E-state index contributed by atoms with van der Waals surface area (Å²) < 4.78 is 13.1. The Labute approximate surface area is 157 Å². The summed E-state index contributed by atoms with van der Waals surface area (Å²) in [5.74, 6) is -4.20. The molecule has 0 saturated heterocycles. The van der Waals surface area contributed by atoms with Crippen LogP contribution in [0.5, 0.6) is 0 Å². The van der Waals surface area contributed by atoms with Crippen molar-refractivity contribution in [2.24, 2.45) is 0 Å². The molecule has 0 spiro atoms. The standard InChI is InChI=1S/C19H14FN3O5/c1-8-4-10(9-2-3-12(20)22-7-9)6-11(5-8)13-14(18(25)26)16(21)23-17(24)15(13)19(27)28/h2-7H,1H3,(H,25,26)(H,27,28)(H3,21,23,24). The number of rotatable bonds is 4. The van der Waals surface area contributed by atoms with Gasteiger partial charge >= 0.3 is 11.9 Å². The second-order valence-corrected chi connectivity index (χ2v) is 6.06. The summed E-state index contributed by atoms with van der Waals surface area (Å²) in [7, 11) is 0. The highest BCUT2D eigenvalue weighted by Gasteiger charge is 2.26. The van der Waals surface area contributed by atoms with Gasteiger partial charge in [-0.2, -0.15) is 4.39 Å². The Hall–Kier alpha value is -4.01. The van der Waals surface area contributed by atoms with Gasteiger partial charge in [0.05, 0.1) is 0 Å². The maximum atomic E-state index is 13.1. The summed E-state index contributed by atoms with van der Waals surface area (Å²) >= 11 is 0. The molecule has 3 aromatic rings. The van der Waals surface area contributed by atoms with Crippen molar-refractivity contribution in [2.45, 2.75) is 6.92 Å². The summed E-state index contributed by atoms with van der Waals surface area (Å²) in [6, 6.07) is 7.40. The van der Waals surface area contributed by atoms with Crippen LogP contribution in [0.25, 0.3) is 22.3 Å². The van der Waals surface area contributed by atoms with Gasteiger partial charge in [-0.1, -0.05) is 12.1 Å². The minimum absolute atomic E-state index is 0.173.